The number of hydrogen-bond acceptors (Lipinski definition) is 4. The van der Waals surface area contributed by atoms with Gasteiger partial charge in [-0.15, -0.1) is 0 Å². The lowest BCUT2D eigenvalue weighted by molar-refractivity contribution is -0.133. The maximum Gasteiger partial charge on any atom is 0.313 e. The Bertz CT molecular complexity index is 646. The van der Waals surface area contributed by atoms with Crippen molar-refractivity contribution in [2.75, 3.05) is 5.75 Å². The van der Waals surface area contributed by atoms with E-state index in [9.17, 15) is 13.6 Å². The largest absolute Gasteiger partial charge is 0.481 e. The van der Waals surface area contributed by atoms with Crippen LogP contribution in [0.2, 0.25) is 0 Å². The third-order valence-corrected chi connectivity index (χ3v) is 3.48. The molecule has 2 rings (SSSR count). The third kappa shape index (κ3) is 3.32. The second-order valence-corrected chi connectivity index (χ2v) is 4.95. The number of carboxylic acids is 1. The van der Waals surface area contributed by atoms with Gasteiger partial charge < -0.3 is 5.11 Å². The Kier molecular flexibility index (Phi) is 4.33. The van der Waals surface area contributed by atoms with Crippen molar-refractivity contribution in [3.63, 3.8) is 0 Å². The Morgan fingerprint density at radius 1 is 1.45 bits per heavy atom. The van der Waals surface area contributed by atoms with Crippen molar-refractivity contribution < 1.29 is 18.7 Å². The summed E-state index contributed by atoms with van der Waals surface area (Å²) in [6, 6.07) is 3.91. The van der Waals surface area contributed by atoms with Gasteiger partial charge in [-0.05, 0) is 11.6 Å². The molecule has 1 aromatic heterocycles. The van der Waals surface area contributed by atoms with Crippen molar-refractivity contribution in [2.24, 2.45) is 7.05 Å². The number of aromatic nitrogens is 3. The van der Waals surface area contributed by atoms with E-state index in [-0.39, 0.29) is 17.7 Å². The van der Waals surface area contributed by atoms with Gasteiger partial charge in [-0.1, -0.05) is 23.9 Å². The van der Waals surface area contributed by atoms with Crippen LogP contribution >= 0.6 is 11.8 Å². The van der Waals surface area contributed by atoms with Crippen molar-refractivity contribution in [1.82, 2.24) is 14.8 Å². The molecule has 0 spiro atoms. The zero-order chi connectivity index (χ0) is 14.7. The minimum absolute atomic E-state index is 0.0467. The number of thioether (sulfide) groups is 1. The highest BCUT2D eigenvalue weighted by molar-refractivity contribution is 7.99. The fourth-order valence-electron chi connectivity index (χ4n) is 1.60. The van der Waals surface area contributed by atoms with Crippen LogP contribution in [0.15, 0.2) is 23.4 Å². The molecule has 0 bridgehead atoms. The Labute approximate surface area is 117 Å². The first-order chi connectivity index (χ1) is 9.47. The van der Waals surface area contributed by atoms with E-state index < -0.39 is 17.6 Å². The standard InChI is InChI=1S/C12H11F2N3O2S/c1-17-12(20-6-10(18)19)15-9(16-17)5-7-3-2-4-8(13)11(7)14/h2-4H,5-6H2,1H3,(H,18,19). The Hall–Kier alpha value is -1.96. The zero-order valence-corrected chi connectivity index (χ0v) is 11.3. The first kappa shape index (κ1) is 14.4. The fraction of sp³-hybridized carbons (Fsp3) is 0.250. The van der Waals surface area contributed by atoms with Crippen molar-refractivity contribution in [3.8, 4) is 0 Å². The summed E-state index contributed by atoms with van der Waals surface area (Å²) in [5, 5.41) is 13.1. The highest BCUT2D eigenvalue weighted by Gasteiger charge is 2.13. The van der Waals surface area contributed by atoms with Gasteiger partial charge in [0.2, 0.25) is 0 Å². The van der Waals surface area contributed by atoms with Crippen LogP contribution in [0, 0.1) is 11.6 Å². The summed E-state index contributed by atoms with van der Waals surface area (Å²) in [5.74, 6) is -2.63. The second-order valence-electron chi connectivity index (χ2n) is 4.01. The molecule has 0 aliphatic heterocycles. The van der Waals surface area contributed by atoms with Gasteiger partial charge in [-0.2, -0.15) is 5.10 Å². The molecule has 0 saturated carbocycles. The van der Waals surface area contributed by atoms with Crippen LogP contribution in [-0.4, -0.2) is 31.6 Å². The first-order valence-corrected chi connectivity index (χ1v) is 6.63. The van der Waals surface area contributed by atoms with Gasteiger partial charge in [0.25, 0.3) is 0 Å². The molecule has 0 aliphatic carbocycles. The number of nitrogens with zero attached hydrogens (tertiary/aromatic N) is 3. The summed E-state index contributed by atoms with van der Waals surface area (Å²) in [5.41, 5.74) is 0.158. The van der Waals surface area contributed by atoms with Crippen LogP contribution in [0.4, 0.5) is 8.78 Å². The van der Waals surface area contributed by atoms with Crippen LogP contribution in [0.5, 0.6) is 0 Å². The molecular weight excluding hydrogens is 288 g/mol. The zero-order valence-electron chi connectivity index (χ0n) is 10.5. The molecule has 0 amide bonds. The molecule has 2 aromatic rings. The second kappa shape index (κ2) is 6.00. The SMILES string of the molecule is Cn1nc(Cc2cccc(F)c2F)nc1SCC(=O)O. The van der Waals surface area contributed by atoms with Gasteiger partial charge in [0.15, 0.2) is 22.6 Å². The molecule has 0 atom stereocenters. The summed E-state index contributed by atoms with van der Waals surface area (Å²) in [6.45, 7) is 0. The molecule has 106 valence electrons. The number of carboxylic acid groups (broad SMARTS) is 1. The average molecular weight is 299 g/mol. The molecule has 1 N–H and O–H groups in total. The number of carbonyl (C=O) groups is 1. The number of aliphatic carboxylic acids is 1. The molecule has 20 heavy (non-hydrogen) atoms. The predicted octanol–water partition coefficient (Wildman–Crippen LogP) is 1.86. The Morgan fingerprint density at radius 3 is 2.90 bits per heavy atom. The predicted molar refractivity (Wildman–Crippen MR) is 68.5 cm³/mol. The summed E-state index contributed by atoms with van der Waals surface area (Å²) < 4.78 is 28.0. The highest BCUT2D eigenvalue weighted by Crippen LogP contribution is 2.18. The normalized spacial score (nSPS) is 10.8. The van der Waals surface area contributed by atoms with E-state index in [4.69, 9.17) is 5.11 Å². The topological polar surface area (TPSA) is 68.0 Å². The van der Waals surface area contributed by atoms with E-state index in [1.165, 1.54) is 16.8 Å². The molecule has 1 heterocycles. The van der Waals surface area contributed by atoms with Crippen molar-refractivity contribution in [3.05, 3.63) is 41.2 Å². The van der Waals surface area contributed by atoms with E-state index >= 15 is 0 Å². The van der Waals surface area contributed by atoms with Crippen molar-refractivity contribution >= 4 is 17.7 Å². The molecule has 0 saturated heterocycles. The molecule has 8 heteroatoms. The molecule has 1 aromatic carbocycles. The average Bonchev–Trinajstić information content (AvgIpc) is 2.73. The number of rotatable bonds is 5. The van der Waals surface area contributed by atoms with E-state index in [2.05, 4.69) is 10.1 Å². The molecular formula is C12H11F2N3O2S. The fourth-order valence-corrected chi connectivity index (χ4v) is 2.25. The number of hydrogen-bond donors (Lipinski definition) is 1. The molecule has 5 nitrogen and oxygen atoms in total. The molecule has 0 aliphatic rings. The molecule has 0 unspecified atom stereocenters. The van der Waals surface area contributed by atoms with Crippen LogP contribution in [0.3, 0.4) is 0 Å². The van der Waals surface area contributed by atoms with Crippen molar-refractivity contribution in [2.45, 2.75) is 11.6 Å². The molecule has 0 fully saturated rings. The molecule has 0 radical (unpaired) electrons. The van der Waals surface area contributed by atoms with Gasteiger partial charge in [0, 0.05) is 13.5 Å². The maximum atomic E-state index is 13.5. The van der Waals surface area contributed by atoms with Gasteiger partial charge in [-0.3, -0.25) is 4.79 Å². The van der Waals surface area contributed by atoms with Crippen LogP contribution < -0.4 is 0 Å². The van der Waals surface area contributed by atoms with Gasteiger partial charge >= 0.3 is 5.97 Å². The minimum atomic E-state index is -0.962. The lowest BCUT2D eigenvalue weighted by Crippen LogP contribution is -2.00. The summed E-state index contributed by atoms with van der Waals surface area (Å²) >= 11 is 1.02. The maximum absolute atomic E-state index is 13.5. The van der Waals surface area contributed by atoms with E-state index in [1.54, 1.807) is 7.05 Å². The minimum Gasteiger partial charge on any atom is -0.481 e. The quantitative estimate of drug-likeness (QED) is 0.854. The highest BCUT2D eigenvalue weighted by atomic mass is 32.2. The smallest absolute Gasteiger partial charge is 0.313 e. The monoisotopic (exact) mass is 299 g/mol. The van der Waals surface area contributed by atoms with Crippen LogP contribution in [0.1, 0.15) is 11.4 Å². The number of aryl methyl sites for hydroxylation is 1. The lowest BCUT2D eigenvalue weighted by Gasteiger charge is -2.00. The third-order valence-electron chi connectivity index (χ3n) is 2.47. The van der Waals surface area contributed by atoms with Gasteiger partial charge in [-0.25, -0.2) is 18.4 Å². The first-order valence-electron chi connectivity index (χ1n) is 5.64. The van der Waals surface area contributed by atoms with Crippen LogP contribution in [-0.2, 0) is 18.3 Å². The lowest BCUT2D eigenvalue weighted by atomic mass is 10.1. The number of benzene rings is 1. The van der Waals surface area contributed by atoms with E-state index in [0.29, 0.717) is 11.0 Å². The Morgan fingerprint density at radius 2 is 2.20 bits per heavy atom. The van der Waals surface area contributed by atoms with Gasteiger partial charge in [0.1, 0.15) is 0 Å². The van der Waals surface area contributed by atoms with Crippen LogP contribution in [0.25, 0.3) is 0 Å². The van der Waals surface area contributed by atoms with E-state index in [0.717, 1.165) is 17.8 Å². The van der Waals surface area contributed by atoms with E-state index in [1.807, 2.05) is 0 Å². The van der Waals surface area contributed by atoms with Gasteiger partial charge in [0.05, 0.1) is 5.75 Å². The summed E-state index contributed by atoms with van der Waals surface area (Å²) in [4.78, 5) is 14.6. The Balaban J connectivity index is 2.16. The van der Waals surface area contributed by atoms with Crippen molar-refractivity contribution in [1.29, 1.82) is 0 Å². The summed E-state index contributed by atoms with van der Waals surface area (Å²) in [7, 11) is 1.61. The summed E-state index contributed by atoms with van der Waals surface area (Å²) in [6.07, 6.45) is 0.0467. The number of halogens is 2.